The molecule has 0 bridgehead atoms. The van der Waals surface area contributed by atoms with Crippen molar-refractivity contribution in [2.45, 2.75) is 32.9 Å². The SMILES string of the molecule is CCN(Cc1ccccc1)c1nc(C)cc(NC2CCS(=O)(=O)C2)n1. The molecule has 25 heavy (non-hydrogen) atoms. The maximum absolute atomic E-state index is 11.6. The fourth-order valence-corrected chi connectivity index (χ4v) is 4.69. The third-order valence-electron chi connectivity index (χ3n) is 4.31. The Balaban J connectivity index is 1.78. The van der Waals surface area contributed by atoms with Crippen molar-refractivity contribution in [3.05, 3.63) is 47.7 Å². The molecule has 0 radical (unpaired) electrons. The smallest absolute Gasteiger partial charge is 0.227 e. The van der Waals surface area contributed by atoms with Crippen LogP contribution in [0.25, 0.3) is 0 Å². The predicted molar refractivity (Wildman–Crippen MR) is 101 cm³/mol. The Bertz CT molecular complexity index is 824. The Kier molecular flexibility index (Phi) is 5.22. The number of aromatic nitrogens is 2. The van der Waals surface area contributed by atoms with Crippen LogP contribution in [0.3, 0.4) is 0 Å². The van der Waals surface area contributed by atoms with Crippen molar-refractivity contribution in [1.29, 1.82) is 0 Å². The van der Waals surface area contributed by atoms with Gasteiger partial charge in [-0.25, -0.2) is 13.4 Å². The average Bonchev–Trinajstić information content (AvgIpc) is 2.91. The van der Waals surface area contributed by atoms with Crippen molar-refractivity contribution in [1.82, 2.24) is 9.97 Å². The monoisotopic (exact) mass is 360 g/mol. The number of hydrogen-bond acceptors (Lipinski definition) is 6. The fourth-order valence-electron chi connectivity index (χ4n) is 3.01. The quantitative estimate of drug-likeness (QED) is 0.853. The van der Waals surface area contributed by atoms with E-state index in [4.69, 9.17) is 0 Å². The molecule has 7 heteroatoms. The van der Waals surface area contributed by atoms with Gasteiger partial charge in [-0.05, 0) is 25.8 Å². The van der Waals surface area contributed by atoms with Gasteiger partial charge in [0.15, 0.2) is 9.84 Å². The first-order valence-electron chi connectivity index (χ1n) is 8.57. The lowest BCUT2D eigenvalue weighted by molar-refractivity contribution is 0.602. The molecule has 1 N–H and O–H groups in total. The maximum Gasteiger partial charge on any atom is 0.227 e. The Morgan fingerprint density at radius 3 is 2.64 bits per heavy atom. The molecule has 0 saturated carbocycles. The molecule has 1 atom stereocenters. The zero-order valence-electron chi connectivity index (χ0n) is 14.6. The number of aryl methyl sites for hydroxylation is 1. The van der Waals surface area contributed by atoms with E-state index in [-0.39, 0.29) is 17.5 Å². The van der Waals surface area contributed by atoms with Gasteiger partial charge in [0.25, 0.3) is 0 Å². The van der Waals surface area contributed by atoms with Crippen LogP contribution in [0.2, 0.25) is 0 Å². The molecule has 134 valence electrons. The average molecular weight is 360 g/mol. The van der Waals surface area contributed by atoms with Gasteiger partial charge in [-0.1, -0.05) is 30.3 Å². The summed E-state index contributed by atoms with van der Waals surface area (Å²) in [5.74, 6) is 1.77. The highest BCUT2D eigenvalue weighted by Gasteiger charge is 2.28. The van der Waals surface area contributed by atoms with E-state index in [0.717, 1.165) is 18.8 Å². The topological polar surface area (TPSA) is 75.2 Å². The summed E-state index contributed by atoms with van der Waals surface area (Å²) in [6.07, 6.45) is 0.627. The van der Waals surface area contributed by atoms with E-state index in [2.05, 4.69) is 39.2 Å². The lowest BCUT2D eigenvalue weighted by atomic mass is 10.2. The van der Waals surface area contributed by atoms with Crippen LogP contribution in [0.1, 0.15) is 24.6 Å². The molecule has 2 heterocycles. The second-order valence-electron chi connectivity index (χ2n) is 6.44. The zero-order chi connectivity index (χ0) is 17.9. The summed E-state index contributed by atoms with van der Waals surface area (Å²) in [4.78, 5) is 11.3. The zero-order valence-corrected chi connectivity index (χ0v) is 15.5. The highest BCUT2D eigenvalue weighted by molar-refractivity contribution is 7.91. The Morgan fingerprint density at radius 2 is 2.00 bits per heavy atom. The van der Waals surface area contributed by atoms with E-state index < -0.39 is 9.84 Å². The molecule has 1 saturated heterocycles. The van der Waals surface area contributed by atoms with E-state index in [1.807, 2.05) is 31.2 Å². The van der Waals surface area contributed by atoms with Crippen LogP contribution in [0.4, 0.5) is 11.8 Å². The largest absolute Gasteiger partial charge is 0.366 e. The highest BCUT2D eigenvalue weighted by Crippen LogP contribution is 2.20. The van der Waals surface area contributed by atoms with Gasteiger partial charge in [-0.15, -0.1) is 0 Å². The predicted octanol–water partition coefficient (Wildman–Crippen LogP) is 2.41. The van der Waals surface area contributed by atoms with Crippen LogP contribution in [0.15, 0.2) is 36.4 Å². The summed E-state index contributed by atoms with van der Waals surface area (Å²) in [6, 6.07) is 12.0. The second-order valence-corrected chi connectivity index (χ2v) is 8.67. The fraction of sp³-hybridized carbons (Fsp3) is 0.444. The van der Waals surface area contributed by atoms with Crippen molar-refractivity contribution in [2.75, 3.05) is 28.3 Å². The highest BCUT2D eigenvalue weighted by atomic mass is 32.2. The molecular weight excluding hydrogens is 336 g/mol. The van der Waals surface area contributed by atoms with E-state index >= 15 is 0 Å². The molecule has 3 rings (SSSR count). The van der Waals surface area contributed by atoms with Crippen molar-refractivity contribution < 1.29 is 8.42 Å². The molecule has 1 aromatic heterocycles. The molecular formula is C18H24N4O2S. The maximum atomic E-state index is 11.6. The van der Waals surface area contributed by atoms with E-state index in [1.54, 1.807) is 0 Å². The summed E-state index contributed by atoms with van der Waals surface area (Å²) >= 11 is 0. The Hall–Kier alpha value is -2.15. The van der Waals surface area contributed by atoms with E-state index in [1.165, 1.54) is 5.56 Å². The van der Waals surface area contributed by atoms with Gasteiger partial charge in [0.1, 0.15) is 5.82 Å². The van der Waals surface area contributed by atoms with Crippen LogP contribution in [0.5, 0.6) is 0 Å². The third-order valence-corrected chi connectivity index (χ3v) is 6.08. The van der Waals surface area contributed by atoms with Gasteiger partial charge in [0, 0.05) is 30.9 Å². The minimum absolute atomic E-state index is 0.0728. The number of rotatable bonds is 6. The number of sulfone groups is 1. The van der Waals surface area contributed by atoms with Crippen LogP contribution in [-0.4, -0.2) is 42.5 Å². The Morgan fingerprint density at radius 1 is 1.24 bits per heavy atom. The Labute approximate surface area is 149 Å². The van der Waals surface area contributed by atoms with Gasteiger partial charge in [-0.3, -0.25) is 0 Å². The number of nitrogens with one attached hydrogen (secondary N) is 1. The lowest BCUT2D eigenvalue weighted by Gasteiger charge is -2.22. The standard InChI is InChI=1S/C18H24N4O2S/c1-3-22(12-15-7-5-4-6-8-15)18-19-14(2)11-17(21-18)20-16-9-10-25(23,24)13-16/h4-8,11,16H,3,9-10,12-13H2,1-2H3,(H,19,20,21). The van der Waals surface area contributed by atoms with Gasteiger partial charge in [0.05, 0.1) is 11.5 Å². The first-order chi connectivity index (χ1) is 11.9. The molecule has 1 aliphatic heterocycles. The molecule has 1 aliphatic rings. The summed E-state index contributed by atoms with van der Waals surface area (Å²) in [5.41, 5.74) is 2.06. The van der Waals surface area contributed by atoms with Crippen molar-refractivity contribution in [2.24, 2.45) is 0 Å². The van der Waals surface area contributed by atoms with Crippen molar-refractivity contribution >= 4 is 21.6 Å². The van der Waals surface area contributed by atoms with Gasteiger partial charge in [0.2, 0.25) is 5.95 Å². The number of benzene rings is 1. The molecule has 0 amide bonds. The first-order valence-corrected chi connectivity index (χ1v) is 10.4. The number of hydrogen-bond donors (Lipinski definition) is 1. The molecule has 0 spiro atoms. The van der Waals surface area contributed by atoms with Crippen molar-refractivity contribution in [3.63, 3.8) is 0 Å². The normalized spacial score (nSPS) is 18.9. The number of nitrogens with zero attached hydrogens (tertiary/aromatic N) is 3. The van der Waals surface area contributed by atoms with Gasteiger partial charge in [-0.2, -0.15) is 4.98 Å². The van der Waals surface area contributed by atoms with Crippen LogP contribution in [0, 0.1) is 6.92 Å². The number of anilines is 2. The summed E-state index contributed by atoms with van der Waals surface area (Å²) in [6.45, 7) is 5.52. The minimum atomic E-state index is -2.91. The summed E-state index contributed by atoms with van der Waals surface area (Å²) in [5, 5.41) is 3.26. The van der Waals surface area contributed by atoms with E-state index in [9.17, 15) is 8.42 Å². The molecule has 1 aromatic carbocycles. The molecule has 0 aliphatic carbocycles. The second kappa shape index (κ2) is 7.39. The molecule has 1 unspecified atom stereocenters. The van der Waals surface area contributed by atoms with Crippen LogP contribution in [-0.2, 0) is 16.4 Å². The van der Waals surface area contributed by atoms with E-state index in [0.29, 0.717) is 18.2 Å². The minimum Gasteiger partial charge on any atom is -0.366 e. The first kappa shape index (κ1) is 17.7. The third kappa shape index (κ3) is 4.69. The molecule has 2 aromatic rings. The van der Waals surface area contributed by atoms with Crippen LogP contribution < -0.4 is 10.2 Å². The molecule has 1 fully saturated rings. The molecule has 6 nitrogen and oxygen atoms in total. The van der Waals surface area contributed by atoms with Crippen LogP contribution >= 0.6 is 0 Å². The summed E-state index contributed by atoms with van der Waals surface area (Å²) in [7, 11) is -2.91. The lowest BCUT2D eigenvalue weighted by Crippen LogP contribution is -2.26. The van der Waals surface area contributed by atoms with Gasteiger partial charge >= 0.3 is 0 Å². The summed E-state index contributed by atoms with van der Waals surface area (Å²) < 4.78 is 23.3. The van der Waals surface area contributed by atoms with Crippen molar-refractivity contribution in [3.8, 4) is 0 Å². The van der Waals surface area contributed by atoms with Gasteiger partial charge < -0.3 is 10.2 Å².